The number of hydrogen-bond donors (Lipinski definition) is 2. The van der Waals surface area contributed by atoms with Gasteiger partial charge < -0.3 is 15.3 Å². The van der Waals surface area contributed by atoms with Gasteiger partial charge in [-0.05, 0) is 25.3 Å². The topological polar surface area (TPSA) is 47.9 Å². The molecule has 2 rings (SSSR count). The Hall–Kier alpha value is -1.55. The summed E-state index contributed by atoms with van der Waals surface area (Å²) >= 11 is 0. The highest BCUT2D eigenvalue weighted by Crippen LogP contribution is 2.09. The average Bonchev–Trinajstić information content (AvgIpc) is 2.86. The Morgan fingerprint density at radius 1 is 1.42 bits per heavy atom. The number of nitrogens with zero attached hydrogens (tertiary/aromatic N) is 2. The summed E-state index contributed by atoms with van der Waals surface area (Å²) in [5.74, 6) is 0.926. The average molecular weight is 261 g/mol. The van der Waals surface area contributed by atoms with Gasteiger partial charge >= 0.3 is 0 Å². The first kappa shape index (κ1) is 13.9. The van der Waals surface area contributed by atoms with Crippen LogP contribution in [0, 0.1) is 0 Å². The molecule has 1 aromatic rings. The Kier molecular flexibility index (Phi) is 5.21. The Labute approximate surface area is 115 Å². The zero-order valence-corrected chi connectivity index (χ0v) is 11.5. The van der Waals surface area contributed by atoms with Crippen LogP contribution in [0.3, 0.4) is 0 Å². The molecular weight excluding hydrogens is 238 g/mol. The Balaban J connectivity index is 1.89. The van der Waals surface area contributed by atoms with Crippen molar-refractivity contribution in [3.63, 3.8) is 0 Å². The molecule has 1 aliphatic rings. The zero-order chi connectivity index (χ0) is 13.5. The third-order valence-corrected chi connectivity index (χ3v) is 3.30. The summed E-state index contributed by atoms with van der Waals surface area (Å²) in [6.45, 7) is 5.28. The van der Waals surface area contributed by atoms with Gasteiger partial charge in [-0.2, -0.15) is 0 Å². The fraction of sp³-hybridized carbons (Fsp3) is 0.533. The van der Waals surface area contributed by atoms with Crippen molar-refractivity contribution in [2.45, 2.75) is 25.9 Å². The Bertz CT molecular complexity index is 405. The molecule has 1 atom stereocenters. The molecule has 1 aromatic carbocycles. The van der Waals surface area contributed by atoms with E-state index in [9.17, 15) is 5.11 Å². The van der Waals surface area contributed by atoms with Crippen LogP contribution < -0.4 is 5.32 Å². The number of β-amino-alcohol motifs (C(OH)–C–C–N with tert-alkyl or cyclic N) is 1. The minimum absolute atomic E-state index is 0.210. The van der Waals surface area contributed by atoms with Crippen LogP contribution in [-0.2, 0) is 6.42 Å². The van der Waals surface area contributed by atoms with Crippen molar-refractivity contribution in [2.75, 3.05) is 26.2 Å². The van der Waals surface area contributed by atoms with Crippen molar-refractivity contribution < 1.29 is 5.11 Å². The van der Waals surface area contributed by atoms with Crippen LogP contribution in [0.4, 0.5) is 0 Å². The van der Waals surface area contributed by atoms with Crippen LogP contribution in [0.5, 0.6) is 0 Å². The lowest BCUT2D eigenvalue weighted by Gasteiger charge is -2.20. The molecule has 1 saturated heterocycles. The van der Waals surface area contributed by atoms with E-state index in [-0.39, 0.29) is 6.10 Å². The molecule has 0 radical (unpaired) electrons. The maximum Gasteiger partial charge on any atom is 0.194 e. The van der Waals surface area contributed by atoms with E-state index in [1.54, 1.807) is 0 Å². The highest BCUT2D eigenvalue weighted by atomic mass is 16.3. The normalized spacial score (nSPS) is 19.8. The largest absolute Gasteiger partial charge is 0.391 e. The van der Waals surface area contributed by atoms with Crippen molar-refractivity contribution in [1.29, 1.82) is 0 Å². The van der Waals surface area contributed by atoms with Gasteiger partial charge in [0.2, 0.25) is 0 Å². The molecule has 1 heterocycles. The second kappa shape index (κ2) is 7.14. The van der Waals surface area contributed by atoms with Crippen molar-refractivity contribution in [3.8, 4) is 0 Å². The molecule has 4 nitrogen and oxygen atoms in total. The SMILES string of the molecule is CCNC(=NCCc1ccccc1)N1CC[C@@H](O)C1. The first-order valence-corrected chi connectivity index (χ1v) is 7.05. The van der Waals surface area contributed by atoms with Gasteiger partial charge in [0.15, 0.2) is 5.96 Å². The van der Waals surface area contributed by atoms with E-state index in [2.05, 4.69) is 46.4 Å². The highest BCUT2D eigenvalue weighted by Gasteiger charge is 2.22. The smallest absolute Gasteiger partial charge is 0.194 e. The number of hydrogen-bond acceptors (Lipinski definition) is 2. The number of nitrogens with one attached hydrogen (secondary N) is 1. The van der Waals surface area contributed by atoms with Crippen LogP contribution in [-0.4, -0.2) is 48.2 Å². The van der Waals surface area contributed by atoms with Gasteiger partial charge in [-0.3, -0.25) is 4.99 Å². The first-order valence-electron chi connectivity index (χ1n) is 7.05. The van der Waals surface area contributed by atoms with Crippen molar-refractivity contribution >= 4 is 5.96 Å². The van der Waals surface area contributed by atoms with Crippen LogP contribution in [0.15, 0.2) is 35.3 Å². The second-order valence-corrected chi connectivity index (χ2v) is 4.86. The van der Waals surface area contributed by atoms with E-state index in [0.717, 1.165) is 38.4 Å². The van der Waals surface area contributed by atoms with Gasteiger partial charge in [0.05, 0.1) is 6.10 Å². The summed E-state index contributed by atoms with van der Waals surface area (Å²) in [4.78, 5) is 6.78. The lowest BCUT2D eigenvalue weighted by Crippen LogP contribution is -2.40. The fourth-order valence-electron chi connectivity index (χ4n) is 2.30. The Morgan fingerprint density at radius 2 is 2.21 bits per heavy atom. The third kappa shape index (κ3) is 4.24. The molecule has 1 aliphatic heterocycles. The lowest BCUT2D eigenvalue weighted by atomic mass is 10.2. The minimum Gasteiger partial charge on any atom is -0.391 e. The number of aliphatic hydroxyl groups is 1. The first-order chi connectivity index (χ1) is 9.29. The van der Waals surface area contributed by atoms with E-state index < -0.39 is 0 Å². The molecular formula is C15H23N3O. The van der Waals surface area contributed by atoms with Gasteiger partial charge in [0.25, 0.3) is 0 Å². The molecule has 0 aliphatic carbocycles. The van der Waals surface area contributed by atoms with E-state index in [0.29, 0.717) is 6.54 Å². The van der Waals surface area contributed by atoms with Gasteiger partial charge in [0.1, 0.15) is 0 Å². The highest BCUT2D eigenvalue weighted by molar-refractivity contribution is 5.80. The predicted octanol–water partition coefficient (Wildman–Crippen LogP) is 1.26. The summed E-state index contributed by atoms with van der Waals surface area (Å²) < 4.78 is 0. The predicted molar refractivity (Wildman–Crippen MR) is 78.3 cm³/mol. The molecule has 0 bridgehead atoms. The second-order valence-electron chi connectivity index (χ2n) is 4.86. The fourth-order valence-corrected chi connectivity index (χ4v) is 2.30. The number of benzene rings is 1. The van der Waals surface area contributed by atoms with E-state index in [1.165, 1.54) is 5.56 Å². The molecule has 0 saturated carbocycles. The van der Waals surface area contributed by atoms with E-state index >= 15 is 0 Å². The molecule has 0 amide bonds. The van der Waals surface area contributed by atoms with Gasteiger partial charge in [-0.25, -0.2) is 0 Å². The monoisotopic (exact) mass is 261 g/mol. The van der Waals surface area contributed by atoms with Gasteiger partial charge in [-0.15, -0.1) is 0 Å². The number of aliphatic imine (C=N–C) groups is 1. The summed E-state index contributed by atoms with van der Waals surface area (Å²) in [7, 11) is 0. The number of rotatable bonds is 4. The summed E-state index contributed by atoms with van der Waals surface area (Å²) in [5.41, 5.74) is 1.31. The maximum atomic E-state index is 9.60. The van der Waals surface area contributed by atoms with Crippen LogP contribution in [0.2, 0.25) is 0 Å². The standard InChI is InChI=1S/C15H23N3O/c1-2-16-15(18-11-9-14(19)12-18)17-10-8-13-6-4-3-5-7-13/h3-7,14,19H,2,8-12H2,1H3,(H,16,17)/t14-/m1/s1. The number of likely N-dealkylation sites (tertiary alicyclic amines) is 1. The molecule has 4 heteroatoms. The van der Waals surface area contributed by atoms with Gasteiger partial charge in [0, 0.05) is 26.2 Å². The van der Waals surface area contributed by atoms with Crippen molar-refractivity contribution in [1.82, 2.24) is 10.2 Å². The molecule has 0 unspecified atom stereocenters. The third-order valence-electron chi connectivity index (χ3n) is 3.30. The molecule has 0 aromatic heterocycles. The number of aliphatic hydroxyl groups excluding tert-OH is 1. The summed E-state index contributed by atoms with van der Waals surface area (Å²) in [5, 5.41) is 12.9. The molecule has 104 valence electrons. The van der Waals surface area contributed by atoms with Crippen LogP contribution in [0.1, 0.15) is 18.9 Å². The molecule has 1 fully saturated rings. The molecule has 19 heavy (non-hydrogen) atoms. The van der Waals surface area contributed by atoms with Crippen molar-refractivity contribution in [3.05, 3.63) is 35.9 Å². The van der Waals surface area contributed by atoms with Crippen molar-refractivity contribution in [2.24, 2.45) is 4.99 Å². The number of guanidine groups is 1. The minimum atomic E-state index is -0.210. The zero-order valence-electron chi connectivity index (χ0n) is 11.5. The van der Waals surface area contributed by atoms with Crippen LogP contribution in [0.25, 0.3) is 0 Å². The van der Waals surface area contributed by atoms with E-state index in [1.807, 2.05) is 6.07 Å². The molecule has 2 N–H and O–H groups in total. The van der Waals surface area contributed by atoms with Crippen LogP contribution >= 0.6 is 0 Å². The maximum absolute atomic E-state index is 9.60. The van der Waals surface area contributed by atoms with Gasteiger partial charge in [-0.1, -0.05) is 30.3 Å². The quantitative estimate of drug-likeness (QED) is 0.634. The Morgan fingerprint density at radius 3 is 2.84 bits per heavy atom. The lowest BCUT2D eigenvalue weighted by molar-refractivity contribution is 0.188. The van der Waals surface area contributed by atoms with E-state index in [4.69, 9.17) is 0 Å². The summed E-state index contributed by atoms with van der Waals surface area (Å²) in [6.07, 6.45) is 1.58. The summed E-state index contributed by atoms with van der Waals surface area (Å²) in [6, 6.07) is 10.4. The molecule has 0 spiro atoms.